The Bertz CT molecular complexity index is 823. The molecule has 7 heteroatoms. The minimum atomic E-state index is -0.340. The van der Waals surface area contributed by atoms with Crippen LogP contribution in [0.1, 0.15) is 22.3 Å². The van der Waals surface area contributed by atoms with E-state index >= 15 is 0 Å². The number of benzene rings is 1. The number of nitrogens with one attached hydrogen (secondary N) is 2. The van der Waals surface area contributed by atoms with E-state index in [1.165, 1.54) is 0 Å². The zero-order chi connectivity index (χ0) is 16.8. The largest absolute Gasteiger partial charge is 0.494 e. The second kappa shape index (κ2) is 7.56. The van der Waals surface area contributed by atoms with E-state index in [0.717, 1.165) is 16.2 Å². The quantitative estimate of drug-likeness (QED) is 0.534. The molecule has 1 aromatic carbocycles. The highest BCUT2D eigenvalue weighted by molar-refractivity contribution is 7.11. The number of hydrogen-bond donors (Lipinski definition) is 2. The second-order valence-electron chi connectivity index (χ2n) is 4.84. The molecule has 1 amide bonds. The van der Waals surface area contributed by atoms with Gasteiger partial charge in [-0.3, -0.25) is 9.89 Å². The third kappa shape index (κ3) is 3.88. The molecule has 2 heterocycles. The van der Waals surface area contributed by atoms with Gasteiger partial charge in [0.15, 0.2) is 0 Å². The Kier molecular flexibility index (Phi) is 5.02. The van der Waals surface area contributed by atoms with Crippen LogP contribution in [0, 0.1) is 0 Å². The predicted octanol–water partition coefficient (Wildman–Crippen LogP) is 3.30. The number of carbonyl (C=O) groups excluding carboxylic acids is 1. The highest BCUT2D eigenvalue weighted by Crippen LogP contribution is 2.21. The SMILES string of the molecule is CCOc1ccc(-c2cc(C(=O)N/N=C/c3cccs3)[nH]n2)cc1. The van der Waals surface area contributed by atoms with Crippen molar-refractivity contribution >= 4 is 23.5 Å². The lowest BCUT2D eigenvalue weighted by Gasteiger charge is -2.02. The number of nitrogens with zero attached hydrogens (tertiary/aromatic N) is 2. The fraction of sp³-hybridized carbons (Fsp3) is 0.118. The summed E-state index contributed by atoms with van der Waals surface area (Å²) in [6.07, 6.45) is 1.60. The van der Waals surface area contributed by atoms with Crippen LogP contribution in [0.15, 0.2) is 52.9 Å². The van der Waals surface area contributed by atoms with E-state index in [0.29, 0.717) is 18.0 Å². The zero-order valence-corrected chi connectivity index (χ0v) is 13.8. The fourth-order valence-corrected chi connectivity index (χ4v) is 2.64. The molecule has 122 valence electrons. The van der Waals surface area contributed by atoms with Crippen molar-refractivity contribution in [2.24, 2.45) is 5.10 Å². The molecule has 2 N–H and O–H groups in total. The van der Waals surface area contributed by atoms with Crippen LogP contribution in [0.2, 0.25) is 0 Å². The van der Waals surface area contributed by atoms with Gasteiger partial charge in [0.25, 0.3) is 5.91 Å². The van der Waals surface area contributed by atoms with Gasteiger partial charge in [0.1, 0.15) is 11.4 Å². The normalized spacial score (nSPS) is 10.9. The fourth-order valence-electron chi connectivity index (χ4n) is 2.05. The third-order valence-corrected chi connectivity index (χ3v) is 3.99. The Labute approximate surface area is 143 Å². The second-order valence-corrected chi connectivity index (χ2v) is 5.82. The van der Waals surface area contributed by atoms with Crippen LogP contribution in [-0.4, -0.2) is 28.9 Å². The molecular formula is C17H16N4O2S. The van der Waals surface area contributed by atoms with Gasteiger partial charge in [-0.05, 0) is 48.7 Å². The maximum absolute atomic E-state index is 12.0. The molecule has 0 unspecified atom stereocenters. The number of hydrogen-bond acceptors (Lipinski definition) is 5. The van der Waals surface area contributed by atoms with Gasteiger partial charge in [-0.1, -0.05) is 6.07 Å². The first-order valence-electron chi connectivity index (χ1n) is 7.42. The minimum Gasteiger partial charge on any atom is -0.494 e. The molecule has 0 aliphatic heterocycles. The molecule has 0 saturated carbocycles. The highest BCUT2D eigenvalue weighted by atomic mass is 32.1. The monoisotopic (exact) mass is 340 g/mol. The summed E-state index contributed by atoms with van der Waals surface area (Å²) in [7, 11) is 0. The number of carbonyl (C=O) groups is 1. The molecule has 2 aromatic heterocycles. The molecule has 0 radical (unpaired) electrons. The van der Waals surface area contributed by atoms with Crippen molar-refractivity contribution in [3.8, 4) is 17.0 Å². The molecule has 3 rings (SSSR count). The van der Waals surface area contributed by atoms with E-state index < -0.39 is 0 Å². The first-order valence-corrected chi connectivity index (χ1v) is 8.30. The number of ether oxygens (including phenoxy) is 1. The summed E-state index contributed by atoms with van der Waals surface area (Å²) < 4.78 is 5.41. The highest BCUT2D eigenvalue weighted by Gasteiger charge is 2.10. The smallest absolute Gasteiger partial charge is 0.289 e. The summed E-state index contributed by atoms with van der Waals surface area (Å²) in [5.41, 5.74) is 4.41. The van der Waals surface area contributed by atoms with Crippen LogP contribution in [0.4, 0.5) is 0 Å². The first-order chi connectivity index (χ1) is 11.8. The molecule has 0 spiro atoms. The van der Waals surface area contributed by atoms with E-state index in [9.17, 15) is 4.79 Å². The van der Waals surface area contributed by atoms with Gasteiger partial charge in [0, 0.05) is 10.4 Å². The molecule has 0 aliphatic carbocycles. The average Bonchev–Trinajstić information content (AvgIpc) is 3.27. The van der Waals surface area contributed by atoms with Crippen molar-refractivity contribution in [1.29, 1.82) is 0 Å². The summed E-state index contributed by atoms with van der Waals surface area (Å²) in [6.45, 7) is 2.56. The Morgan fingerprint density at radius 1 is 1.38 bits per heavy atom. The van der Waals surface area contributed by atoms with Crippen molar-refractivity contribution in [2.45, 2.75) is 6.92 Å². The lowest BCUT2D eigenvalue weighted by molar-refractivity contribution is 0.0950. The van der Waals surface area contributed by atoms with E-state index in [4.69, 9.17) is 4.74 Å². The van der Waals surface area contributed by atoms with E-state index in [1.54, 1.807) is 23.6 Å². The summed E-state index contributed by atoms with van der Waals surface area (Å²) in [4.78, 5) is 13.0. The van der Waals surface area contributed by atoms with Crippen LogP contribution in [0.25, 0.3) is 11.3 Å². The first kappa shape index (κ1) is 15.9. The number of rotatable bonds is 6. The van der Waals surface area contributed by atoms with Gasteiger partial charge < -0.3 is 4.74 Å². The predicted molar refractivity (Wildman–Crippen MR) is 94.6 cm³/mol. The van der Waals surface area contributed by atoms with Crippen LogP contribution in [0.3, 0.4) is 0 Å². The number of aromatic amines is 1. The van der Waals surface area contributed by atoms with Crippen LogP contribution in [0.5, 0.6) is 5.75 Å². The third-order valence-electron chi connectivity index (χ3n) is 3.18. The van der Waals surface area contributed by atoms with Gasteiger partial charge in [-0.15, -0.1) is 11.3 Å². The van der Waals surface area contributed by atoms with Gasteiger partial charge in [-0.2, -0.15) is 10.2 Å². The van der Waals surface area contributed by atoms with Gasteiger partial charge >= 0.3 is 0 Å². The Hall–Kier alpha value is -2.93. The summed E-state index contributed by atoms with van der Waals surface area (Å²) in [5, 5.41) is 12.8. The lowest BCUT2D eigenvalue weighted by Crippen LogP contribution is -2.17. The standard InChI is InChI=1S/C17H16N4O2S/c1-2-23-13-7-5-12(6-8-13)15-10-16(20-19-15)17(22)21-18-11-14-4-3-9-24-14/h3-11H,2H2,1H3,(H,19,20)(H,21,22)/b18-11+. The number of hydrazone groups is 1. The van der Waals surface area contributed by atoms with Crippen LogP contribution >= 0.6 is 11.3 Å². The summed E-state index contributed by atoms with van der Waals surface area (Å²) >= 11 is 1.55. The molecule has 0 bridgehead atoms. The Morgan fingerprint density at radius 3 is 2.92 bits per heavy atom. The topological polar surface area (TPSA) is 79.4 Å². The van der Waals surface area contributed by atoms with Gasteiger partial charge in [0.2, 0.25) is 0 Å². The van der Waals surface area contributed by atoms with Crippen molar-refractivity contribution in [3.63, 3.8) is 0 Å². The van der Waals surface area contributed by atoms with Gasteiger partial charge in [-0.25, -0.2) is 5.43 Å². The Morgan fingerprint density at radius 2 is 2.21 bits per heavy atom. The van der Waals surface area contributed by atoms with E-state index in [1.807, 2.05) is 48.7 Å². The zero-order valence-electron chi connectivity index (χ0n) is 13.0. The molecule has 6 nitrogen and oxygen atoms in total. The molecule has 0 fully saturated rings. The van der Waals surface area contributed by atoms with Crippen molar-refractivity contribution in [1.82, 2.24) is 15.6 Å². The van der Waals surface area contributed by atoms with Crippen LogP contribution < -0.4 is 10.2 Å². The molecular weight excluding hydrogens is 324 g/mol. The van der Waals surface area contributed by atoms with E-state index in [-0.39, 0.29) is 5.91 Å². The van der Waals surface area contributed by atoms with Crippen LogP contribution in [-0.2, 0) is 0 Å². The summed E-state index contributed by atoms with van der Waals surface area (Å²) in [6, 6.07) is 13.1. The van der Waals surface area contributed by atoms with Crippen molar-refractivity contribution < 1.29 is 9.53 Å². The number of aromatic nitrogens is 2. The maximum atomic E-state index is 12.0. The van der Waals surface area contributed by atoms with Gasteiger partial charge in [0.05, 0.1) is 18.5 Å². The molecule has 24 heavy (non-hydrogen) atoms. The maximum Gasteiger partial charge on any atom is 0.289 e. The average molecular weight is 340 g/mol. The molecule has 0 aliphatic rings. The summed E-state index contributed by atoms with van der Waals surface area (Å²) in [5.74, 6) is 0.463. The lowest BCUT2D eigenvalue weighted by atomic mass is 10.1. The number of H-pyrrole nitrogens is 1. The molecule has 0 atom stereocenters. The number of amides is 1. The number of thiophene rings is 1. The van der Waals surface area contributed by atoms with E-state index in [2.05, 4.69) is 20.7 Å². The van der Waals surface area contributed by atoms with Crippen molar-refractivity contribution in [3.05, 3.63) is 58.4 Å². The molecule has 0 saturated heterocycles. The Balaban J connectivity index is 1.65. The minimum absolute atomic E-state index is 0.340. The molecule has 3 aromatic rings. The van der Waals surface area contributed by atoms with Crippen molar-refractivity contribution in [2.75, 3.05) is 6.61 Å².